The van der Waals surface area contributed by atoms with Gasteiger partial charge in [-0.3, -0.25) is 4.98 Å². The molecule has 19 heteroatoms. The van der Waals surface area contributed by atoms with Gasteiger partial charge in [-0.25, -0.2) is 8.42 Å². The molecule has 2 N–H and O–H groups in total. The predicted octanol–water partition coefficient (Wildman–Crippen LogP) is 14.4. The first-order valence-electron chi connectivity index (χ1n) is 30.5. The number of aliphatic hydroxyl groups is 2. The number of aryl methyl sites for hydroxylation is 2. The van der Waals surface area contributed by atoms with Crippen molar-refractivity contribution < 1.29 is 80.5 Å². The first-order valence-corrected chi connectivity index (χ1v) is 36.3. The van der Waals surface area contributed by atoms with E-state index in [4.69, 9.17) is 46.7 Å². The first-order chi connectivity index (χ1) is 45.1. The third kappa shape index (κ3) is 25.5. The second-order valence-electron chi connectivity index (χ2n) is 20.6. The normalized spacial score (nSPS) is 11.2. The van der Waals surface area contributed by atoms with Crippen LogP contribution < -0.4 is 10.4 Å². The van der Waals surface area contributed by atoms with Gasteiger partial charge in [0, 0.05) is 157 Å². The topological polar surface area (TPSA) is 175 Å². The van der Waals surface area contributed by atoms with Crippen molar-refractivity contribution in [2.24, 2.45) is 0 Å². The van der Waals surface area contributed by atoms with E-state index >= 15 is 0 Å². The molecule has 0 atom stereocenters. The predicted molar refractivity (Wildman–Crippen MR) is 383 cm³/mol. The molecule has 7 radical (unpaired) electrons. The molecule has 0 fully saturated rings. The monoisotopic (exact) mass is 1630 g/mol. The van der Waals surface area contributed by atoms with E-state index < -0.39 is 40.0 Å². The van der Waals surface area contributed by atoms with Gasteiger partial charge in [-0.15, -0.1) is 113 Å². The summed E-state index contributed by atoms with van der Waals surface area (Å²) in [6, 6.07) is 66.2. The smallest absolute Gasteiger partial charge is 0.161 e. The Hall–Kier alpha value is -7.60. The first kappa shape index (κ1) is 71.8. The molecule has 0 unspecified atom stereocenters. The molecule has 6 heterocycles. The second kappa shape index (κ2) is 41.8. The average Bonchev–Trinajstić information content (AvgIpc) is 1.58. The molecule has 0 bridgehead atoms. The van der Waals surface area contributed by atoms with Crippen LogP contribution in [0.1, 0.15) is 33.7 Å². The summed E-state index contributed by atoms with van der Waals surface area (Å²) >= 11 is 0. The Morgan fingerprint density at radius 2 is 0.967 bits per heavy atom. The standard InChI is InChI=1S/C20H19NOSi.C20H18NOSi.2C12H10N.C5H4.CH4O3S.2CH4O.CH4.B3.2Ir/c2*1-23(2,3)18-11-7-5-9-16(18)19-20-15(12-13-21-19)14-8-4-6-10-17(14)22-20;2*1-10-7-8-12(13-9-10)11-5-3-2-4-6-11;1-3-5-4-2;1-5(2,3)4;2*1-2;;1-3-2;;/h4-13H,1-3H3;4-8,10-13H,1-3H3;2*2-5,7-9H,1H3;1H,2H3;1H3,(H,2,3,4);2*2H,1H3;1H4;;;/q;3*-1;;;;;;;;/p-1/i;;2*1D3;;;;;;;;. The minimum atomic E-state index is -3.92. The van der Waals surface area contributed by atoms with Crippen molar-refractivity contribution >= 4 is 103 Å². The van der Waals surface area contributed by atoms with Crippen LogP contribution in [0.5, 0.6) is 0 Å². The molecule has 92 heavy (non-hydrogen) atoms. The Bertz CT molecular complexity index is 4300. The fourth-order valence-corrected chi connectivity index (χ4v) is 11.7. The number of terminal acetylenes is 1. The minimum Gasteiger partial charge on any atom is -0.748 e. The van der Waals surface area contributed by atoms with Gasteiger partial charge < -0.3 is 38.6 Å². The maximum absolute atomic E-state index is 9.08. The molecule has 0 amide bonds. The number of rotatable bonds is 6. The van der Waals surface area contributed by atoms with Gasteiger partial charge in [-0.1, -0.05) is 143 Å². The molecule has 6 aromatic heterocycles. The Morgan fingerprint density at radius 1 is 0.565 bits per heavy atom. The number of benzene rings is 6. The maximum atomic E-state index is 9.08. The Morgan fingerprint density at radius 3 is 1.36 bits per heavy atom. The molecule has 12 rings (SSSR count). The van der Waals surface area contributed by atoms with Crippen LogP contribution >= 0.6 is 0 Å². The zero-order chi connectivity index (χ0) is 70.6. The summed E-state index contributed by atoms with van der Waals surface area (Å²) in [5, 5.41) is 21.3. The number of hydrogen-bond acceptors (Lipinski definition) is 11. The number of aromatic nitrogens is 4. The van der Waals surface area contributed by atoms with Gasteiger partial charge in [0.2, 0.25) is 0 Å². The van der Waals surface area contributed by atoms with Crippen LogP contribution in [0.3, 0.4) is 0 Å². The molecular formula is C73H76B3Ir2N4O7SSi2-4. The van der Waals surface area contributed by atoms with Crippen molar-refractivity contribution in [3.05, 3.63) is 230 Å². The summed E-state index contributed by atoms with van der Waals surface area (Å²) < 4.78 is 82.9. The van der Waals surface area contributed by atoms with Gasteiger partial charge in [-0.2, -0.15) is 0 Å². The van der Waals surface area contributed by atoms with Crippen molar-refractivity contribution in [1.29, 1.82) is 0 Å². The van der Waals surface area contributed by atoms with Gasteiger partial charge in [-0.05, 0) is 79.2 Å². The quantitative estimate of drug-likeness (QED) is 0.0701. The fraction of sp³-hybridized carbons (Fsp3) is 0.178. The summed E-state index contributed by atoms with van der Waals surface area (Å²) in [5.41, 5.74) is 11.4. The summed E-state index contributed by atoms with van der Waals surface area (Å²) in [6.45, 7) is 11.7. The summed E-state index contributed by atoms with van der Waals surface area (Å²) in [4.78, 5) is 17.6. The van der Waals surface area contributed by atoms with Crippen molar-refractivity contribution in [2.75, 3.05) is 20.5 Å². The third-order valence-corrected chi connectivity index (χ3v) is 16.3. The Balaban J connectivity index is 0.000000606. The molecule has 0 saturated heterocycles. The Kier molecular flexibility index (Phi) is 32.6. The minimum absolute atomic E-state index is 0. The molecule has 475 valence electrons. The molecular weight excluding hydrogens is 1550 g/mol. The molecule has 11 nitrogen and oxygen atoms in total. The van der Waals surface area contributed by atoms with Gasteiger partial charge >= 0.3 is 0 Å². The molecule has 0 saturated carbocycles. The largest absolute Gasteiger partial charge is 0.748 e. The third-order valence-electron chi connectivity index (χ3n) is 12.2. The maximum Gasteiger partial charge on any atom is 0.161 e. The van der Waals surface area contributed by atoms with E-state index in [1.54, 1.807) is 43.3 Å². The van der Waals surface area contributed by atoms with E-state index in [0.29, 0.717) is 6.26 Å². The van der Waals surface area contributed by atoms with Crippen molar-refractivity contribution in [1.82, 2.24) is 19.9 Å². The van der Waals surface area contributed by atoms with Gasteiger partial charge in [0.15, 0.2) is 5.58 Å². The van der Waals surface area contributed by atoms with Crippen LogP contribution in [-0.2, 0) is 50.3 Å². The zero-order valence-electron chi connectivity index (χ0n) is 58.2. The molecule has 12 aromatic rings. The van der Waals surface area contributed by atoms with E-state index in [-0.39, 0.29) is 58.8 Å². The van der Waals surface area contributed by atoms with Crippen molar-refractivity contribution in [3.63, 3.8) is 0 Å². The second-order valence-corrected chi connectivity index (χ2v) is 32.1. The van der Waals surface area contributed by atoms with E-state index in [2.05, 4.69) is 159 Å². The van der Waals surface area contributed by atoms with Crippen LogP contribution in [0, 0.1) is 56.1 Å². The fourth-order valence-electron chi connectivity index (χ4n) is 8.56. The van der Waals surface area contributed by atoms with Crippen molar-refractivity contribution in [3.8, 4) is 69.2 Å². The molecule has 6 aromatic carbocycles. The zero-order valence-corrected chi connectivity index (χ0v) is 59.8. The van der Waals surface area contributed by atoms with E-state index in [1.165, 1.54) is 28.3 Å². The molecule has 0 aliphatic carbocycles. The van der Waals surface area contributed by atoms with E-state index in [9.17, 15) is 0 Å². The number of para-hydroxylation sites is 2. The number of fused-ring (bicyclic) bond motifs is 6. The molecule has 0 spiro atoms. The van der Waals surface area contributed by atoms with Crippen LogP contribution in [0.25, 0.3) is 88.9 Å². The average molecular weight is 1630 g/mol. The van der Waals surface area contributed by atoms with Crippen molar-refractivity contribution in [2.45, 2.75) is 67.3 Å². The SMILES string of the molecule is C.C#CC#CC.CO.CO.CS(=O)(=O)[O-].C[Si](C)(C)c1ccc[c-]c1-c1nccc2c1oc1ccccc12.C[Si](C)(C)c1ccccc1-c1nccc2c1oc1ccccc12.[2H]C([2H])([2H])c1ccc(-c2[c-]cccc2)nc1.[2H]C([2H])([2H])c1ccc(-c2[c-]cccc2)nc1.[B][B][B].[Ir].[Ir]. The molecule has 0 aliphatic heterocycles. The number of hydrogen-bond donors (Lipinski definition) is 2. The molecule has 0 aliphatic rings. The van der Waals surface area contributed by atoms with Crippen LogP contribution in [0.15, 0.2) is 210 Å². The Labute approximate surface area is 586 Å². The summed E-state index contributed by atoms with van der Waals surface area (Å²) in [6.07, 6.45) is 11.9. The van der Waals surface area contributed by atoms with E-state index in [0.717, 1.165) is 105 Å². The van der Waals surface area contributed by atoms with Crippen LogP contribution in [-0.4, -0.2) is 102 Å². The number of pyridine rings is 4. The number of furan rings is 2. The van der Waals surface area contributed by atoms with Crippen LogP contribution in [0.2, 0.25) is 39.3 Å². The van der Waals surface area contributed by atoms with Gasteiger partial charge in [0.25, 0.3) is 0 Å². The van der Waals surface area contributed by atoms with Gasteiger partial charge in [0.1, 0.15) is 22.4 Å². The van der Waals surface area contributed by atoms with Gasteiger partial charge in [0.05, 0.1) is 18.2 Å². The summed E-state index contributed by atoms with van der Waals surface area (Å²) in [7, 11) is 5.11. The van der Waals surface area contributed by atoms with E-state index in [1.807, 2.05) is 103 Å². The number of aliphatic hydroxyl groups excluding tert-OH is 2. The van der Waals surface area contributed by atoms with Crippen LogP contribution in [0.4, 0.5) is 0 Å². The summed E-state index contributed by atoms with van der Waals surface area (Å²) in [5.74, 6) is 7.08. The number of nitrogens with zero attached hydrogens (tertiary/aromatic N) is 4.